The van der Waals surface area contributed by atoms with Crippen molar-refractivity contribution in [2.24, 2.45) is 0 Å². The normalized spacial score (nSPS) is 10.5. The molecule has 0 aliphatic heterocycles. The lowest BCUT2D eigenvalue weighted by Crippen LogP contribution is -2.06. The van der Waals surface area contributed by atoms with E-state index in [9.17, 15) is 13.6 Å². The number of carboxylic acid groups (broad SMARTS) is 1. The summed E-state index contributed by atoms with van der Waals surface area (Å²) in [5.41, 5.74) is 0.0371. The third-order valence-corrected chi connectivity index (χ3v) is 3.03. The molecule has 0 spiro atoms. The Morgan fingerprint density at radius 3 is 2.79 bits per heavy atom. The van der Waals surface area contributed by atoms with E-state index >= 15 is 0 Å². The minimum atomic E-state index is -1.13. The van der Waals surface area contributed by atoms with Gasteiger partial charge in [-0.15, -0.1) is 0 Å². The standard InChI is InChI=1S/C12H8BrF2NO3/c13-7-3-10(9(15)4-8(7)14)16-5-11-6(12(17)18)1-2-19-11/h1-4,16H,5H2,(H,17,18). The Morgan fingerprint density at radius 1 is 1.37 bits per heavy atom. The van der Waals surface area contributed by atoms with Gasteiger partial charge in [0.05, 0.1) is 23.0 Å². The second-order valence-electron chi connectivity index (χ2n) is 3.66. The highest BCUT2D eigenvalue weighted by atomic mass is 79.9. The number of hydrogen-bond acceptors (Lipinski definition) is 3. The third kappa shape index (κ3) is 2.93. The second-order valence-corrected chi connectivity index (χ2v) is 4.52. The molecule has 0 saturated carbocycles. The summed E-state index contributed by atoms with van der Waals surface area (Å²) in [6, 6.07) is 3.26. The minimum absolute atomic E-state index is 0.00548. The van der Waals surface area contributed by atoms with Gasteiger partial charge in [-0.25, -0.2) is 13.6 Å². The molecule has 7 heteroatoms. The van der Waals surface area contributed by atoms with Gasteiger partial charge in [-0.2, -0.15) is 0 Å². The van der Waals surface area contributed by atoms with Crippen LogP contribution in [0.5, 0.6) is 0 Å². The highest BCUT2D eigenvalue weighted by Gasteiger charge is 2.14. The zero-order valence-electron chi connectivity index (χ0n) is 9.41. The molecule has 2 rings (SSSR count). The fourth-order valence-corrected chi connectivity index (χ4v) is 1.84. The zero-order chi connectivity index (χ0) is 14.0. The SMILES string of the molecule is O=C(O)c1ccoc1CNc1cc(Br)c(F)cc1F. The maximum atomic E-state index is 13.4. The summed E-state index contributed by atoms with van der Waals surface area (Å²) in [6.45, 7) is -0.0242. The summed E-state index contributed by atoms with van der Waals surface area (Å²) in [5.74, 6) is -2.46. The van der Waals surface area contributed by atoms with Crippen LogP contribution < -0.4 is 5.32 Å². The van der Waals surface area contributed by atoms with E-state index in [-0.39, 0.29) is 28.0 Å². The Bertz CT molecular complexity index is 627. The number of carboxylic acids is 1. The van der Waals surface area contributed by atoms with Crippen molar-refractivity contribution in [3.8, 4) is 0 Å². The average Bonchev–Trinajstić information content (AvgIpc) is 2.80. The summed E-state index contributed by atoms with van der Waals surface area (Å²) < 4.78 is 31.6. The van der Waals surface area contributed by atoms with Gasteiger partial charge >= 0.3 is 5.97 Å². The minimum Gasteiger partial charge on any atom is -0.478 e. The number of anilines is 1. The molecule has 0 bridgehead atoms. The van der Waals surface area contributed by atoms with E-state index in [0.717, 1.165) is 6.07 Å². The molecule has 0 radical (unpaired) electrons. The highest BCUT2D eigenvalue weighted by molar-refractivity contribution is 9.10. The van der Waals surface area contributed by atoms with Crippen LogP contribution in [-0.2, 0) is 6.54 Å². The van der Waals surface area contributed by atoms with Crippen LogP contribution in [0, 0.1) is 11.6 Å². The third-order valence-electron chi connectivity index (χ3n) is 2.43. The topological polar surface area (TPSA) is 62.5 Å². The molecule has 4 nitrogen and oxygen atoms in total. The molecule has 2 aromatic rings. The molecule has 1 aromatic carbocycles. The van der Waals surface area contributed by atoms with Gasteiger partial charge in [-0.1, -0.05) is 0 Å². The molecule has 0 aliphatic carbocycles. The van der Waals surface area contributed by atoms with Gasteiger partial charge in [0.25, 0.3) is 0 Å². The van der Waals surface area contributed by atoms with Crippen molar-refractivity contribution < 1.29 is 23.1 Å². The molecule has 19 heavy (non-hydrogen) atoms. The number of carbonyl (C=O) groups is 1. The first-order chi connectivity index (χ1) is 8.99. The summed E-state index contributed by atoms with van der Waals surface area (Å²) in [5, 5.41) is 11.5. The monoisotopic (exact) mass is 331 g/mol. The second kappa shape index (κ2) is 5.40. The fourth-order valence-electron chi connectivity index (χ4n) is 1.50. The van der Waals surface area contributed by atoms with E-state index in [1.165, 1.54) is 18.4 Å². The number of halogens is 3. The number of benzene rings is 1. The summed E-state index contributed by atoms with van der Waals surface area (Å²) in [7, 11) is 0. The van der Waals surface area contributed by atoms with E-state index in [1.54, 1.807) is 0 Å². The predicted octanol–water partition coefficient (Wildman–Crippen LogP) is 3.63. The van der Waals surface area contributed by atoms with Crippen LogP contribution in [0.1, 0.15) is 16.1 Å². The average molecular weight is 332 g/mol. The van der Waals surface area contributed by atoms with Crippen molar-refractivity contribution in [3.63, 3.8) is 0 Å². The molecule has 0 unspecified atom stereocenters. The molecule has 1 heterocycles. The highest BCUT2D eigenvalue weighted by Crippen LogP contribution is 2.24. The Morgan fingerprint density at radius 2 is 2.11 bits per heavy atom. The number of nitrogens with one attached hydrogen (secondary N) is 1. The van der Waals surface area contributed by atoms with Crippen LogP contribution in [-0.4, -0.2) is 11.1 Å². The lowest BCUT2D eigenvalue weighted by atomic mass is 10.2. The largest absolute Gasteiger partial charge is 0.478 e. The zero-order valence-corrected chi connectivity index (χ0v) is 11.0. The van der Waals surface area contributed by atoms with Crippen LogP contribution in [0.3, 0.4) is 0 Å². The molecule has 0 aliphatic rings. The van der Waals surface area contributed by atoms with E-state index in [4.69, 9.17) is 9.52 Å². The van der Waals surface area contributed by atoms with Gasteiger partial charge in [-0.3, -0.25) is 0 Å². The first-order valence-corrected chi connectivity index (χ1v) is 5.96. The van der Waals surface area contributed by atoms with Crippen molar-refractivity contribution in [2.75, 3.05) is 5.32 Å². The van der Waals surface area contributed by atoms with E-state index in [0.29, 0.717) is 0 Å². The van der Waals surface area contributed by atoms with E-state index < -0.39 is 17.6 Å². The smallest absolute Gasteiger partial charge is 0.339 e. The van der Waals surface area contributed by atoms with Crippen molar-refractivity contribution in [3.05, 3.63) is 51.9 Å². The first-order valence-electron chi connectivity index (χ1n) is 5.17. The Hall–Kier alpha value is -1.89. The summed E-state index contributed by atoms with van der Waals surface area (Å²) >= 11 is 2.94. The summed E-state index contributed by atoms with van der Waals surface area (Å²) in [4.78, 5) is 10.8. The van der Waals surface area contributed by atoms with Crippen LogP contribution >= 0.6 is 15.9 Å². The molecule has 100 valence electrons. The van der Waals surface area contributed by atoms with Gasteiger partial charge in [0.2, 0.25) is 0 Å². The molecule has 1 aromatic heterocycles. The van der Waals surface area contributed by atoms with Crippen molar-refractivity contribution in [1.29, 1.82) is 0 Å². The van der Waals surface area contributed by atoms with Gasteiger partial charge in [0.1, 0.15) is 23.0 Å². The first kappa shape index (κ1) is 13.5. The maximum Gasteiger partial charge on any atom is 0.339 e. The molecular formula is C12H8BrF2NO3. The van der Waals surface area contributed by atoms with Crippen molar-refractivity contribution in [2.45, 2.75) is 6.54 Å². The summed E-state index contributed by atoms with van der Waals surface area (Å²) in [6.07, 6.45) is 1.23. The van der Waals surface area contributed by atoms with Crippen LogP contribution in [0.4, 0.5) is 14.5 Å². The predicted molar refractivity (Wildman–Crippen MR) is 67.1 cm³/mol. The Kier molecular flexibility index (Phi) is 3.84. The lowest BCUT2D eigenvalue weighted by Gasteiger charge is -2.07. The lowest BCUT2D eigenvalue weighted by molar-refractivity contribution is 0.0694. The molecule has 2 N–H and O–H groups in total. The Labute approximate surface area is 115 Å². The van der Waals surface area contributed by atoms with Gasteiger partial charge in [0, 0.05) is 6.07 Å². The van der Waals surface area contributed by atoms with Gasteiger partial charge in [0.15, 0.2) is 0 Å². The van der Waals surface area contributed by atoms with Crippen LogP contribution in [0.15, 0.2) is 33.4 Å². The molecular weight excluding hydrogens is 324 g/mol. The Balaban J connectivity index is 2.17. The quantitative estimate of drug-likeness (QED) is 0.840. The van der Waals surface area contributed by atoms with Gasteiger partial charge < -0.3 is 14.8 Å². The van der Waals surface area contributed by atoms with Crippen molar-refractivity contribution in [1.82, 2.24) is 0 Å². The number of aromatic carboxylic acids is 1. The van der Waals surface area contributed by atoms with E-state index in [1.807, 2.05) is 0 Å². The maximum absolute atomic E-state index is 13.4. The molecule has 0 amide bonds. The van der Waals surface area contributed by atoms with Crippen LogP contribution in [0.2, 0.25) is 0 Å². The fraction of sp³-hybridized carbons (Fsp3) is 0.0833. The molecule has 0 atom stereocenters. The number of furan rings is 1. The number of rotatable bonds is 4. The van der Waals surface area contributed by atoms with Crippen LogP contribution in [0.25, 0.3) is 0 Å². The van der Waals surface area contributed by atoms with E-state index in [2.05, 4.69) is 21.2 Å². The number of hydrogen-bond donors (Lipinski definition) is 2. The molecule has 0 fully saturated rings. The van der Waals surface area contributed by atoms with Gasteiger partial charge in [-0.05, 0) is 28.1 Å². The van der Waals surface area contributed by atoms with Crippen molar-refractivity contribution >= 4 is 27.6 Å². The molecule has 0 saturated heterocycles.